The van der Waals surface area contributed by atoms with Crippen LogP contribution in [0.5, 0.6) is 5.75 Å². The molecule has 0 aromatic heterocycles. The van der Waals surface area contributed by atoms with Crippen molar-refractivity contribution in [1.29, 1.82) is 0 Å². The normalized spacial score (nSPS) is 14.2. The molecule has 0 unspecified atom stereocenters. The van der Waals surface area contributed by atoms with Gasteiger partial charge in [0.2, 0.25) is 0 Å². The third kappa shape index (κ3) is 4.38. The molecule has 0 saturated heterocycles. The Hall–Kier alpha value is -1.20. The number of hydrogen-bond donors (Lipinski definition) is 0. The van der Waals surface area contributed by atoms with Crippen LogP contribution in [0, 0.1) is 0 Å². The van der Waals surface area contributed by atoms with Crippen LogP contribution in [0.15, 0.2) is 23.2 Å². The van der Waals surface area contributed by atoms with Crippen molar-refractivity contribution >= 4 is 34.3 Å². The first-order valence-corrected chi connectivity index (χ1v) is 8.32. The summed E-state index contributed by atoms with van der Waals surface area (Å²) < 4.78 is 5.50. The lowest BCUT2D eigenvalue weighted by atomic mass is 10.1. The molecular formula is C15H19ClN2O2S. The first kappa shape index (κ1) is 16.2. The van der Waals surface area contributed by atoms with Crippen molar-refractivity contribution in [3.63, 3.8) is 0 Å². The van der Waals surface area contributed by atoms with Crippen molar-refractivity contribution in [3.8, 4) is 5.75 Å². The average molecular weight is 327 g/mol. The number of ether oxygens (including phenoxy) is 1. The third-order valence-corrected chi connectivity index (χ3v) is 4.46. The number of halogens is 1. The van der Waals surface area contributed by atoms with Gasteiger partial charge in [-0.15, -0.1) is 0 Å². The number of thioether (sulfide) groups is 1. The highest BCUT2D eigenvalue weighted by molar-refractivity contribution is 8.14. The molecule has 1 aliphatic heterocycles. The Labute approximate surface area is 134 Å². The van der Waals surface area contributed by atoms with Crippen molar-refractivity contribution in [1.82, 2.24) is 4.90 Å². The molecule has 6 heteroatoms. The van der Waals surface area contributed by atoms with Crippen LogP contribution in [0.25, 0.3) is 0 Å². The minimum Gasteiger partial charge on any atom is -0.492 e. The molecule has 21 heavy (non-hydrogen) atoms. The molecule has 0 radical (unpaired) electrons. The number of aliphatic imine (C=N–C) groups is 1. The van der Waals surface area contributed by atoms with Crippen LogP contribution >= 0.6 is 23.4 Å². The van der Waals surface area contributed by atoms with Crippen LogP contribution in [-0.2, 0) is 0 Å². The summed E-state index contributed by atoms with van der Waals surface area (Å²) in [5, 5.41) is 1.41. The summed E-state index contributed by atoms with van der Waals surface area (Å²) >= 11 is 7.61. The average Bonchev–Trinajstić information content (AvgIpc) is 2.88. The zero-order valence-corrected chi connectivity index (χ0v) is 13.8. The maximum atomic E-state index is 12.2. The van der Waals surface area contributed by atoms with E-state index in [1.54, 1.807) is 18.2 Å². The SMILES string of the molecule is CCCOc1ccc(C(=O)CSC2=NCCN2C)cc1Cl. The molecule has 0 saturated carbocycles. The first-order valence-electron chi connectivity index (χ1n) is 6.95. The Morgan fingerprint density at radius 2 is 2.33 bits per heavy atom. The van der Waals surface area contributed by atoms with E-state index in [2.05, 4.69) is 9.89 Å². The second-order valence-electron chi connectivity index (χ2n) is 4.79. The minimum absolute atomic E-state index is 0.0481. The monoisotopic (exact) mass is 326 g/mol. The van der Waals surface area contributed by atoms with Gasteiger partial charge >= 0.3 is 0 Å². The maximum Gasteiger partial charge on any atom is 0.173 e. The number of rotatable bonds is 6. The van der Waals surface area contributed by atoms with Crippen molar-refractivity contribution in [2.75, 3.05) is 32.5 Å². The number of amidine groups is 1. The fourth-order valence-electron chi connectivity index (χ4n) is 1.88. The largest absolute Gasteiger partial charge is 0.492 e. The first-order chi connectivity index (χ1) is 10.1. The van der Waals surface area contributed by atoms with Gasteiger partial charge in [0.05, 0.1) is 23.9 Å². The van der Waals surface area contributed by atoms with Crippen LogP contribution in [0.4, 0.5) is 0 Å². The number of carbonyl (C=O) groups is 1. The van der Waals surface area contributed by atoms with Gasteiger partial charge in [0.25, 0.3) is 0 Å². The summed E-state index contributed by atoms with van der Waals surface area (Å²) in [6.45, 7) is 4.38. The highest BCUT2D eigenvalue weighted by Gasteiger charge is 2.16. The molecule has 1 heterocycles. The number of benzene rings is 1. The molecule has 0 bridgehead atoms. The molecule has 0 amide bonds. The van der Waals surface area contributed by atoms with Gasteiger partial charge in [-0.3, -0.25) is 9.79 Å². The zero-order valence-electron chi connectivity index (χ0n) is 12.3. The van der Waals surface area contributed by atoms with Crippen LogP contribution in [-0.4, -0.2) is 48.3 Å². The molecule has 2 rings (SSSR count). The maximum absolute atomic E-state index is 12.2. The van der Waals surface area contributed by atoms with Gasteiger partial charge in [-0.05, 0) is 24.6 Å². The number of nitrogens with zero attached hydrogens (tertiary/aromatic N) is 2. The van der Waals surface area contributed by atoms with Crippen molar-refractivity contribution in [3.05, 3.63) is 28.8 Å². The highest BCUT2D eigenvalue weighted by atomic mass is 35.5. The van der Waals surface area contributed by atoms with E-state index < -0.39 is 0 Å². The van der Waals surface area contributed by atoms with Gasteiger partial charge in [0, 0.05) is 19.2 Å². The lowest BCUT2D eigenvalue weighted by Gasteiger charge is -2.12. The molecule has 0 fully saturated rings. The van der Waals surface area contributed by atoms with E-state index in [0.29, 0.717) is 28.7 Å². The number of likely N-dealkylation sites (N-methyl/N-ethyl adjacent to an activating group) is 1. The molecule has 1 aliphatic rings. The minimum atomic E-state index is 0.0481. The molecule has 0 atom stereocenters. The van der Waals surface area contributed by atoms with E-state index in [-0.39, 0.29) is 5.78 Å². The Balaban J connectivity index is 1.94. The van der Waals surface area contributed by atoms with Crippen LogP contribution in [0.2, 0.25) is 5.02 Å². The molecule has 0 aliphatic carbocycles. The number of hydrogen-bond acceptors (Lipinski definition) is 5. The molecule has 0 spiro atoms. The smallest absolute Gasteiger partial charge is 0.173 e. The van der Waals surface area contributed by atoms with Crippen molar-refractivity contribution in [2.24, 2.45) is 4.99 Å². The number of carbonyl (C=O) groups excluding carboxylic acids is 1. The molecule has 114 valence electrons. The fraction of sp³-hybridized carbons (Fsp3) is 0.467. The Morgan fingerprint density at radius 1 is 1.52 bits per heavy atom. The third-order valence-electron chi connectivity index (χ3n) is 3.06. The number of ketones is 1. The standard InChI is InChI=1S/C15H19ClN2O2S/c1-3-8-20-14-5-4-11(9-12(14)16)13(19)10-21-15-17-6-7-18(15)2/h4-5,9H,3,6-8,10H2,1-2H3. The fourth-order valence-corrected chi connectivity index (χ4v) is 3.04. The van der Waals surface area contributed by atoms with E-state index in [1.807, 2.05) is 14.0 Å². The van der Waals surface area contributed by atoms with Gasteiger partial charge in [-0.1, -0.05) is 30.3 Å². The second kappa shape index (κ2) is 7.71. The van der Waals surface area contributed by atoms with E-state index in [0.717, 1.165) is 24.7 Å². The second-order valence-corrected chi connectivity index (χ2v) is 6.14. The molecule has 0 N–H and O–H groups in total. The van der Waals surface area contributed by atoms with Crippen LogP contribution < -0.4 is 4.74 Å². The molecular weight excluding hydrogens is 308 g/mol. The summed E-state index contributed by atoms with van der Waals surface area (Å²) in [5.74, 6) is 1.05. The summed E-state index contributed by atoms with van der Waals surface area (Å²) in [7, 11) is 1.99. The topological polar surface area (TPSA) is 41.9 Å². The van der Waals surface area contributed by atoms with E-state index in [4.69, 9.17) is 16.3 Å². The predicted molar refractivity (Wildman–Crippen MR) is 89.0 cm³/mol. The van der Waals surface area contributed by atoms with Gasteiger partial charge in [0.15, 0.2) is 11.0 Å². The molecule has 1 aromatic carbocycles. The van der Waals surface area contributed by atoms with Gasteiger partial charge in [-0.2, -0.15) is 0 Å². The summed E-state index contributed by atoms with van der Waals surface area (Å²) in [6, 6.07) is 5.20. The Morgan fingerprint density at radius 3 is 2.95 bits per heavy atom. The van der Waals surface area contributed by atoms with Crippen LogP contribution in [0.3, 0.4) is 0 Å². The van der Waals surface area contributed by atoms with Crippen molar-refractivity contribution in [2.45, 2.75) is 13.3 Å². The quantitative estimate of drug-likeness (QED) is 0.752. The van der Waals surface area contributed by atoms with Crippen LogP contribution in [0.1, 0.15) is 23.7 Å². The summed E-state index contributed by atoms with van der Waals surface area (Å²) in [4.78, 5) is 18.6. The molecule has 4 nitrogen and oxygen atoms in total. The summed E-state index contributed by atoms with van der Waals surface area (Å²) in [6.07, 6.45) is 0.920. The van der Waals surface area contributed by atoms with Gasteiger partial charge in [0.1, 0.15) is 5.75 Å². The molecule has 1 aromatic rings. The van der Waals surface area contributed by atoms with Gasteiger partial charge in [-0.25, -0.2) is 0 Å². The Bertz CT molecular complexity index is 548. The highest BCUT2D eigenvalue weighted by Crippen LogP contribution is 2.26. The van der Waals surface area contributed by atoms with Crippen molar-refractivity contribution < 1.29 is 9.53 Å². The zero-order chi connectivity index (χ0) is 15.2. The lowest BCUT2D eigenvalue weighted by molar-refractivity contribution is 0.102. The van der Waals surface area contributed by atoms with Gasteiger partial charge < -0.3 is 9.64 Å². The summed E-state index contributed by atoms with van der Waals surface area (Å²) in [5.41, 5.74) is 0.609. The predicted octanol–water partition coefficient (Wildman–Crippen LogP) is 3.35. The Kier molecular flexibility index (Phi) is 5.94. The number of Topliss-reactive ketones (excluding diaryl/α,β-unsaturated/α-hetero) is 1. The van der Waals surface area contributed by atoms with E-state index in [9.17, 15) is 4.79 Å². The van der Waals surface area contributed by atoms with E-state index in [1.165, 1.54) is 11.8 Å². The lowest BCUT2D eigenvalue weighted by Crippen LogP contribution is -2.21. The van der Waals surface area contributed by atoms with E-state index >= 15 is 0 Å².